The summed E-state index contributed by atoms with van der Waals surface area (Å²) in [4.78, 5) is 24.4. The Balaban J connectivity index is 1.85. The molecular formula is C21H33N3O4S. The van der Waals surface area contributed by atoms with Gasteiger partial charge in [0.2, 0.25) is 15.9 Å². The van der Waals surface area contributed by atoms with Crippen LogP contribution in [-0.2, 0) is 14.8 Å². The number of rotatable bonds is 9. The van der Waals surface area contributed by atoms with Crippen molar-refractivity contribution in [2.45, 2.75) is 70.1 Å². The Bertz CT molecular complexity index is 785. The first-order valence-corrected chi connectivity index (χ1v) is 12.0. The molecule has 162 valence electrons. The Kier molecular flexibility index (Phi) is 9.10. The molecule has 2 N–H and O–H groups in total. The van der Waals surface area contributed by atoms with Gasteiger partial charge in [-0.3, -0.25) is 20.4 Å². The molecule has 0 aromatic heterocycles. The summed E-state index contributed by atoms with van der Waals surface area (Å²) in [6.07, 6.45) is 8.63. The van der Waals surface area contributed by atoms with E-state index in [2.05, 4.69) is 10.9 Å². The molecular weight excluding hydrogens is 390 g/mol. The van der Waals surface area contributed by atoms with E-state index in [1.165, 1.54) is 60.7 Å². The average molecular weight is 424 g/mol. The predicted octanol–water partition coefficient (Wildman–Crippen LogP) is 3.23. The van der Waals surface area contributed by atoms with Crippen LogP contribution in [-0.4, -0.2) is 37.6 Å². The minimum Gasteiger partial charge on any atom is -0.273 e. The first-order valence-electron chi connectivity index (χ1n) is 10.6. The molecule has 0 unspecified atom stereocenters. The van der Waals surface area contributed by atoms with Crippen molar-refractivity contribution in [2.24, 2.45) is 5.92 Å². The van der Waals surface area contributed by atoms with Crippen LogP contribution in [0.15, 0.2) is 29.2 Å². The van der Waals surface area contributed by atoms with Gasteiger partial charge >= 0.3 is 0 Å². The molecule has 1 aliphatic carbocycles. The molecule has 0 saturated heterocycles. The van der Waals surface area contributed by atoms with Gasteiger partial charge in [0.05, 0.1) is 4.90 Å². The quantitative estimate of drug-likeness (QED) is 0.596. The number of hydrogen-bond donors (Lipinski definition) is 2. The Morgan fingerprint density at radius 2 is 1.76 bits per heavy atom. The van der Waals surface area contributed by atoms with E-state index < -0.39 is 15.9 Å². The fourth-order valence-corrected chi connectivity index (χ4v) is 5.30. The molecule has 0 heterocycles. The molecule has 2 rings (SSSR count). The van der Waals surface area contributed by atoms with Crippen LogP contribution in [0.4, 0.5) is 0 Å². The third-order valence-electron chi connectivity index (χ3n) is 5.50. The molecule has 7 nitrogen and oxygen atoms in total. The highest BCUT2D eigenvalue weighted by molar-refractivity contribution is 7.89. The summed E-state index contributed by atoms with van der Waals surface area (Å²) in [6, 6.07) is 5.84. The molecule has 0 atom stereocenters. The number of hydrogen-bond acceptors (Lipinski definition) is 4. The Morgan fingerprint density at radius 1 is 1.07 bits per heavy atom. The third kappa shape index (κ3) is 6.82. The summed E-state index contributed by atoms with van der Waals surface area (Å²) in [6.45, 7) is 4.24. The summed E-state index contributed by atoms with van der Waals surface area (Å²) in [5.74, 6) is -0.0510. The number of hydrazine groups is 1. The zero-order chi connectivity index (χ0) is 21.3. The molecule has 0 aliphatic heterocycles. The van der Waals surface area contributed by atoms with Crippen LogP contribution in [0.1, 0.15) is 75.6 Å². The second kappa shape index (κ2) is 11.3. The van der Waals surface area contributed by atoms with Crippen LogP contribution >= 0.6 is 0 Å². The SMILES string of the molecule is CCN(CC)S(=O)(=O)c1cccc(C(=O)NNC(=O)CCCC2CCCCC2)c1. The van der Waals surface area contributed by atoms with E-state index >= 15 is 0 Å². The van der Waals surface area contributed by atoms with Gasteiger partial charge in [-0.1, -0.05) is 52.0 Å². The van der Waals surface area contributed by atoms with Gasteiger partial charge in [0, 0.05) is 25.1 Å². The first-order chi connectivity index (χ1) is 13.9. The summed E-state index contributed by atoms with van der Waals surface area (Å²) < 4.78 is 26.5. The Hall–Kier alpha value is -1.93. The van der Waals surface area contributed by atoms with Gasteiger partial charge in [-0.2, -0.15) is 4.31 Å². The van der Waals surface area contributed by atoms with Crippen molar-refractivity contribution < 1.29 is 18.0 Å². The summed E-state index contributed by atoms with van der Waals surface area (Å²) in [7, 11) is -3.65. The number of nitrogens with one attached hydrogen (secondary N) is 2. The molecule has 8 heteroatoms. The van der Waals surface area contributed by atoms with E-state index in [1.54, 1.807) is 13.8 Å². The molecule has 2 amide bonds. The topological polar surface area (TPSA) is 95.6 Å². The van der Waals surface area contributed by atoms with Crippen LogP contribution in [0, 0.1) is 5.92 Å². The maximum Gasteiger partial charge on any atom is 0.269 e. The van der Waals surface area contributed by atoms with Crippen molar-refractivity contribution in [3.05, 3.63) is 29.8 Å². The smallest absolute Gasteiger partial charge is 0.269 e. The molecule has 1 fully saturated rings. The second-order valence-electron chi connectivity index (χ2n) is 7.52. The van der Waals surface area contributed by atoms with Gasteiger partial charge in [0.15, 0.2) is 0 Å². The van der Waals surface area contributed by atoms with Crippen LogP contribution in [0.25, 0.3) is 0 Å². The fourth-order valence-electron chi connectivity index (χ4n) is 3.80. The van der Waals surface area contributed by atoms with Crippen LogP contribution in [0.2, 0.25) is 0 Å². The van der Waals surface area contributed by atoms with E-state index in [0.717, 1.165) is 18.8 Å². The highest BCUT2D eigenvalue weighted by Gasteiger charge is 2.22. The lowest BCUT2D eigenvalue weighted by Crippen LogP contribution is -2.41. The monoisotopic (exact) mass is 423 g/mol. The molecule has 1 saturated carbocycles. The van der Waals surface area contributed by atoms with E-state index in [4.69, 9.17) is 0 Å². The number of benzene rings is 1. The zero-order valence-electron chi connectivity index (χ0n) is 17.4. The van der Waals surface area contributed by atoms with Gasteiger partial charge < -0.3 is 0 Å². The van der Waals surface area contributed by atoms with Crippen molar-refractivity contribution in [3.63, 3.8) is 0 Å². The van der Waals surface area contributed by atoms with Gasteiger partial charge in [-0.25, -0.2) is 8.42 Å². The molecule has 0 bridgehead atoms. The fraction of sp³-hybridized carbons (Fsp3) is 0.619. The number of carbonyl (C=O) groups is 2. The van der Waals surface area contributed by atoms with Gasteiger partial charge in [0.1, 0.15) is 0 Å². The predicted molar refractivity (Wildman–Crippen MR) is 113 cm³/mol. The number of nitrogens with zero attached hydrogens (tertiary/aromatic N) is 1. The Morgan fingerprint density at radius 3 is 2.41 bits per heavy atom. The minimum absolute atomic E-state index is 0.0626. The molecule has 1 aromatic rings. The summed E-state index contributed by atoms with van der Waals surface area (Å²) in [5.41, 5.74) is 4.98. The van der Waals surface area contributed by atoms with Gasteiger partial charge in [-0.15, -0.1) is 0 Å². The molecule has 0 radical (unpaired) electrons. The lowest BCUT2D eigenvalue weighted by molar-refractivity contribution is -0.122. The van der Waals surface area contributed by atoms with Gasteiger partial charge in [-0.05, 0) is 37.0 Å². The van der Waals surface area contributed by atoms with Crippen LogP contribution in [0.5, 0.6) is 0 Å². The van der Waals surface area contributed by atoms with E-state index in [0.29, 0.717) is 19.5 Å². The third-order valence-corrected chi connectivity index (χ3v) is 7.54. The number of amides is 2. The molecule has 0 spiro atoms. The van der Waals surface area contributed by atoms with Crippen molar-refractivity contribution in [2.75, 3.05) is 13.1 Å². The molecule has 1 aromatic carbocycles. The standard InChI is InChI=1S/C21H33N3O4S/c1-3-24(4-2)29(27,28)19-14-9-13-18(16-19)21(26)23-22-20(25)15-8-12-17-10-6-5-7-11-17/h9,13-14,16-17H,3-8,10-12,15H2,1-2H3,(H,22,25)(H,23,26). The highest BCUT2D eigenvalue weighted by Crippen LogP contribution is 2.27. The summed E-state index contributed by atoms with van der Waals surface area (Å²) >= 11 is 0. The lowest BCUT2D eigenvalue weighted by atomic mass is 9.86. The molecule has 29 heavy (non-hydrogen) atoms. The van der Waals surface area contributed by atoms with E-state index in [9.17, 15) is 18.0 Å². The zero-order valence-corrected chi connectivity index (χ0v) is 18.3. The van der Waals surface area contributed by atoms with Crippen molar-refractivity contribution in [1.82, 2.24) is 15.2 Å². The normalized spacial score (nSPS) is 15.3. The maximum atomic E-state index is 12.6. The minimum atomic E-state index is -3.65. The number of sulfonamides is 1. The number of carbonyl (C=O) groups excluding carboxylic acids is 2. The largest absolute Gasteiger partial charge is 0.273 e. The second-order valence-corrected chi connectivity index (χ2v) is 9.45. The van der Waals surface area contributed by atoms with Gasteiger partial charge in [0.25, 0.3) is 5.91 Å². The summed E-state index contributed by atoms with van der Waals surface area (Å²) in [5, 5.41) is 0. The average Bonchev–Trinajstić information content (AvgIpc) is 2.73. The maximum absolute atomic E-state index is 12.6. The molecule has 1 aliphatic rings. The van der Waals surface area contributed by atoms with Crippen LogP contribution < -0.4 is 10.9 Å². The first kappa shape index (κ1) is 23.3. The highest BCUT2D eigenvalue weighted by atomic mass is 32.2. The van der Waals surface area contributed by atoms with Crippen molar-refractivity contribution >= 4 is 21.8 Å². The van der Waals surface area contributed by atoms with E-state index in [1.807, 2.05) is 0 Å². The van der Waals surface area contributed by atoms with Crippen molar-refractivity contribution in [1.29, 1.82) is 0 Å². The van der Waals surface area contributed by atoms with Crippen molar-refractivity contribution in [3.8, 4) is 0 Å². The van der Waals surface area contributed by atoms with E-state index in [-0.39, 0.29) is 16.4 Å². The Labute approximate surface area is 174 Å². The van der Waals surface area contributed by atoms with Crippen LogP contribution in [0.3, 0.4) is 0 Å². The lowest BCUT2D eigenvalue weighted by Gasteiger charge is -2.21.